The summed E-state index contributed by atoms with van der Waals surface area (Å²) in [5, 5.41) is 3.03. The van der Waals surface area contributed by atoms with Gasteiger partial charge in [0, 0.05) is 13.0 Å². The maximum Gasteiger partial charge on any atom is 0.220 e. The number of ether oxygens (including phenoxy) is 2. The Balaban J connectivity index is 1.72. The van der Waals surface area contributed by atoms with Gasteiger partial charge in [0.15, 0.2) is 11.5 Å². The molecule has 4 nitrogen and oxygen atoms in total. The molecule has 0 atom stereocenters. The zero-order chi connectivity index (χ0) is 21.1. The van der Waals surface area contributed by atoms with E-state index in [1.54, 1.807) is 0 Å². The molecule has 0 unspecified atom stereocenters. The van der Waals surface area contributed by atoms with Crippen molar-refractivity contribution in [1.82, 2.24) is 5.32 Å². The van der Waals surface area contributed by atoms with E-state index in [4.69, 9.17) is 9.47 Å². The summed E-state index contributed by atoms with van der Waals surface area (Å²) in [4.78, 5) is 12.2. The van der Waals surface area contributed by atoms with E-state index in [9.17, 15) is 4.79 Å². The van der Waals surface area contributed by atoms with Gasteiger partial charge in [-0.25, -0.2) is 0 Å². The molecule has 0 radical (unpaired) electrons. The number of amides is 1. The van der Waals surface area contributed by atoms with Crippen molar-refractivity contribution in [3.63, 3.8) is 0 Å². The van der Waals surface area contributed by atoms with Gasteiger partial charge >= 0.3 is 0 Å². The third-order valence-electron chi connectivity index (χ3n) is 4.86. The van der Waals surface area contributed by atoms with Gasteiger partial charge in [0.05, 0.1) is 13.2 Å². The lowest BCUT2D eigenvalue weighted by molar-refractivity contribution is -0.121. The van der Waals surface area contributed by atoms with Gasteiger partial charge in [-0.3, -0.25) is 4.79 Å². The van der Waals surface area contributed by atoms with Crippen molar-refractivity contribution in [2.24, 2.45) is 0 Å². The fraction of sp³-hybridized carbons (Fsp3) is 0.480. The Bertz CT molecular complexity index is 753. The van der Waals surface area contributed by atoms with Gasteiger partial charge in [-0.15, -0.1) is 0 Å². The second kappa shape index (κ2) is 12.2. The van der Waals surface area contributed by atoms with E-state index in [1.807, 2.05) is 32.0 Å². The Morgan fingerprint density at radius 1 is 0.897 bits per heavy atom. The number of nitrogens with one attached hydrogen (secondary N) is 1. The standard InChI is InChI=1S/C25H35NO3/c1-5-28-23-15-11-21(18-24(23)29-6-2)12-16-25(27)26-17-7-8-20-9-13-22(14-10-20)19(3)4/h9-11,13-15,18-19H,5-8,12,16-17H2,1-4H3,(H,26,27). The van der Waals surface area contributed by atoms with Crippen molar-refractivity contribution >= 4 is 5.91 Å². The van der Waals surface area contributed by atoms with Gasteiger partial charge < -0.3 is 14.8 Å². The molecule has 29 heavy (non-hydrogen) atoms. The van der Waals surface area contributed by atoms with Crippen LogP contribution in [0.4, 0.5) is 0 Å². The maximum absolute atomic E-state index is 12.2. The quantitative estimate of drug-likeness (QED) is 0.495. The molecule has 0 saturated carbocycles. The first-order valence-electron chi connectivity index (χ1n) is 10.8. The Morgan fingerprint density at radius 2 is 1.55 bits per heavy atom. The van der Waals surface area contributed by atoms with E-state index in [0.717, 1.165) is 29.9 Å². The molecule has 1 amide bonds. The average molecular weight is 398 g/mol. The van der Waals surface area contributed by atoms with Gasteiger partial charge in [-0.2, -0.15) is 0 Å². The molecule has 0 heterocycles. The largest absolute Gasteiger partial charge is 0.490 e. The van der Waals surface area contributed by atoms with E-state index in [2.05, 4.69) is 43.4 Å². The zero-order valence-corrected chi connectivity index (χ0v) is 18.3. The molecule has 0 aliphatic rings. The highest BCUT2D eigenvalue weighted by atomic mass is 16.5. The molecule has 158 valence electrons. The molecule has 0 aromatic heterocycles. The van der Waals surface area contributed by atoms with E-state index >= 15 is 0 Å². The highest BCUT2D eigenvalue weighted by Crippen LogP contribution is 2.29. The number of benzene rings is 2. The van der Waals surface area contributed by atoms with Crippen molar-refractivity contribution in [3.8, 4) is 11.5 Å². The molecule has 2 rings (SSSR count). The second-order valence-electron chi connectivity index (χ2n) is 7.50. The van der Waals surface area contributed by atoms with Crippen molar-refractivity contribution < 1.29 is 14.3 Å². The molecule has 0 fully saturated rings. The lowest BCUT2D eigenvalue weighted by Gasteiger charge is -2.12. The SMILES string of the molecule is CCOc1ccc(CCC(=O)NCCCc2ccc(C(C)C)cc2)cc1OCC. The Morgan fingerprint density at radius 3 is 2.21 bits per heavy atom. The normalized spacial score (nSPS) is 10.8. The van der Waals surface area contributed by atoms with Crippen LogP contribution >= 0.6 is 0 Å². The number of carbonyl (C=O) groups excluding carboxylic acids is 1. The lowest BCUT2D eigenvalue weighted by Crippen LogP contribution is -2.25. The van der Waals surface area contributed by atoms with Crippen LogP contribution in [-0.4, -0.2) is 25.7 Å². The van der Waals surface area contributed by atoms with E-state index < -0.39 is 0 Å². The Kier molecular flexibility index (Phi) is 9.55. The van der Waals surface area contributed by atoms with Gasteiger partial charge in [0.1, 0.15) is 0 Å². The summed E-state index contributed by atoms with van der Waals surface area (Å²) in [5.41, 5.74) is 3.77. The molecule has 0 spiro atoms. The molecule has 0 aliphatic heterocycles. The predicted octanol–water partition coefficient (Wildman–Crippen LogP) is 5.29. The van der Waals surface area contributed by atoms with Gasteiger partial charge in [0.2, 0.25) is 5.91 Å². The lowest BCUT2D eigenvalue weighted by atomic mass is 10.0. The number of hydrogen-bond donors (Lipinski definition) is 1. The fourth-order valence-corrected chi connectivity index (χ4v) is 3.19. The van der Waals surface area contributed by atoms with E-state index in [-0.39, 0.29) is 5.91 Å². The monoisotopic (exact) mass is 397 g/mol. The van der Waals surface area contributed by atoms with Crippen molar-refractivity contribution in [3.05, 3.63) is 59.2 Å². The van der Waals surface area contributed by atoms with Crippen molar-refractivity contribution in [2.75, 3.05) is 19.8 Å². The number of hydrogen-bond acceptors (Lipinski definition) is 3. The zero-order valence-electron chi connectivity index (χ0n) is 18.3. The highest BCUT2D eigenvalue weighted by Gasteiger charge is 2.08. The van der Waals surface area contributed by atoms with Crippen LogP contribution in [0.25, 0.3) is 0 Å². The Hall–Kier alpha value is -2.49. The topological polar surface area (TPSA) is 47.6 Å². The summed E-state index contributed by atoms with van der Waals surface area (Å²) < 4.78 is 11.2. The van der Waals surface area contributed by atoms with Gasteiger partial charge in [-0.05, 0) is 67.9 Å². The summed E-state index contributed by atoms with van der Waals surface area (Å²) >= 11 is 0. The molecular formula is C25H35NO3. The minimum absolute atomic E-state index is 0.0898. The first kappa shape index (κ1) is 22.8. The van der Waals surface area contributed by atoms with Gasteiger partial charge in [0.25, 0.3) is 0 Å². The first-order valence-corrected chi connectivity index (χ1v) is 10.8. The highest BCUT2D eigenvalue weighted by molar-refractivity contribution is 5.76. The third kappa shape index (κ3) is 7.80. The van der Waals surface area contributed by atoms with Crippen LogP contribution in [0, 0.1) is 0 Å². The number of carbonyl (C=O) groups is 1. The van der Waals surface area contributed by atoms with E-state index in [1.165, 1.54) is 11.1 Å². The summed E-state index contributed by atoms with van der Waals surface area (Å²) in [6.45, 7) is 10.2. The van der Waals surface area contributed by atoms with Crippen LogP contribution in [0.2, 0.25) is 0 Å². The third-order valence-corrected chi connectivity index (χ3v) is 4.86. The number of aryl methyl sites for hydroxylation is 2. The summed E-state index contributed by atoms with van der Waals surface area (Å²) in [7, 11) is 0. The van der Waals surface area contributed by atoms with E-state index in [0.29, 0.717) is 38.5 Å². The molecule has 2 aromatic rings. The van der Waals surface area contributed by atoms with Crippen molar-refractivity contribution in [1.29, 1.82) is 0 Å². The summed E-state index contributed by atoms with van der Waals surface area (Å²) in [6.07, 6.45) is 3.09. The smallest absolute Gasteiger partial charge is 0.220 e. The van der Waals surface area contributed by atoms with Crippen LogP contribution in [0.15, 0.2) is 42.5 Å². The minimum Gasteiger partial charge on any atom is -0.490 e. The summed E-state index contributed by atoms with van der Waals surface area (Å²) in [5.74, 6) is 2.15. The number of rotatable bonds is 12. The maximum atomic E-state index is 12.2. The molecule has 1 N–H and O–H groups in total. The fourth-order valence-electron chi connectivity index (χ4n) is 3.19. The minimum atomic E-state index is 0.0898. The molecular weight excluding hydrogens is 362 g/mol. The second-order valence-corrected chi connectivity index (χ2v) is 7.50. The van der Waals surface area contributed by atoms with Crippen LogP contribution < -0.4 is 14.8 Å². The molecule has 2 aromatic carbocycles. The summed E-state index contributed by atoms with van der Waals surface area (Å²) in [6, 6.07) is 14.7. The molecule has 4 heteroatoms. The molecule has 0 saturated heterocycles. The van der Waals surface area contributed by atoms with Crippen LogP contribution in [0.1, 0.15) is 63.1 Å². The van der Waals surface area contributed by atoms with Crippen molar-refractivity contribution in [2.45, 2.75) is 59.3 Å². The van der Waals surface area contributed by atoms with Crippen LogP contribution in [0.3, 0.4) is 0 Å². The van der Waals surface area contributed by atoms with Crippen LogP contribution in [-0.2, 0) is 17.6 Å². The first-order chi connectivity index (χ1) is 14.0. The average Bonchev–Trinajstić information content (AvgIpc) is 2.72. The Labute approximate surface area is 175 Å². The van der Waals surface area contributed by atoms with Crippen LogP contribution in [0.5, 0.6) is 11.5 Å². The molecule has 0 aliphatic carbocycles. The molecule has 0 bridgehead atoms. The van der Waals surface area contributed by atoms with Gasteiger partial charge in [-0.1, -0.05) is 44.2 Å². The predicted molar refractivity (Wildman–Crippen MR) is 119 cm³/mol.